The molecule has 0 aliphatic heterocycles. The van der Waals surface area contributed by atoms with E-state index >= 15 is 0 Å². The van der Waals surface area contributed by atoms with E-state index in [1.165, 1.54) is 0 Å². The van der Waals surface area contributed by atoms with Crippen LogP contribution in [0.5, 0.6) is 0 Å². The highest BCUT2D eigenvalue weighted by Crippen LogP contribution is 2.16. The average Bonchev–Trinajstić information content (AvgIpc) is 2.07. The first-order chi connectivity index (χ1) is 7.58. The van der Waals surface area contributed by atoms with Crippen LogP contribution in [0.4, 0.5) is 5.69 Å². The summed E-state index contributed by atoms with van der Waals surface area (Å²) in [5.41, 5.74) is 0.728. The molecule has 17 heavy (non-hydrogen) atoms. The maximum absolute atomic E-state index is 12.2. The van der Waals surface area contributed by atoms with Gasteiger partial charge in [-0.25, -0.2) is 0 Å². The minimum absolute atomic E-state index is 0.0531. The number of anilines is 1. The highest BCUT2D eigenvalue weighted by molar-refractivity contribution is 5.42. The minimum atomic E-state index is -0.0971. The zero-order valence-electron chi connectivity index (χ0n) is 11.8. The molecule has 0 radical (unpaired) electrons. The third-order valence-electron chi connectivity index (χ3n) is 2.17. The van der Waals surface area contributed by atoms with E-state index in [4.69, 9.17) is 0 Å². The van der Waals surface area contributed by atoms with Gasteiger partial charge in [0.1, 0.15) is 5.69 Å². The third kappa shape index (κ3) is 4.63. The Bertz CT molecular complexity index is 396. The van der Waals surface area contributed by atoms with E-state index < -0.39 is 0 Å². The first kappa shape index (κ1) is 13.8. The molecule has 0 aliphatic rings. The van der Waals surface area contributed by atoms with Crippen LogP contribution in [0.1, 0.15) is 41.5 Å². The van der Waals surface area contributed by atoms with Crippen molar-refractivity contribution >= 4 is 5.69 Å². The van der Waals surface area contributed by atoms with Crippen LogP contribution in [0.25, 0.3) is 0 Å². The Labute approximate surface area is 104 Å². The maximum atomic E-state index is 12.2. The van der Waals surface area contributed by atoms with Crippen molar-refractivity contribution in [2.24, 2.45) is 5.41 Å². The molecular weight excluding hydrogens is 212 g/mol. The number of nitrogens with one attached hydrogen (secondary N) is 1. The van der Waals surface area contributed by atoms with E-state index in [0.717, 1.165) is 6.54 Å². The summed E-state index contributed by atoms with van der Waals surface area (Å²) in [6.45, 7) is 13.3. The lowest BCUT2D eigenvalue weighted by molar-refractivity contribution is 0.338. The molecule has 0 unspecified atom stereocenters. The van der Waals surface area contributed by atoms with Crippen LogP contribution in [-0.4, -0.2) is 10.1 Å². The molecular formula is C14H24N2O. The lowest BCUT2D eigenvalue weighted by Gasteiger charge is -2.24. The van der Waals surface area contributed by atoms with Crippen LogP contribution >= 0.6 is 0 Å². The van der Waals surface area contributed by atoms with Crippen LogP contribution < -0.4 is 10.9 Å². The molecule has 0 aliphatic carbocycles. The van der Waals surface area contributed by atoms with Gasteiger partial charge in [-0.2, -0.15) is 0 Å². The summed E-state index contributed by atoms with van der Waals surface area (Å²) in [6, 6.07) is 3.76. The third-order valence-corrected chi connectivity index (χ3v) is 2.17. The van der Waals surface area contributed by atoms with Crippen molar-refractivity contribution in [1.29, 1.82) is 0 Å². The van der Waals surface area contributed by atoms with Gasteiger partial charge in [-0.15, -0.1) is 0 Å². The van der Waals surface area contributed by atoms with Crippen LogP contribution in [0.2, 0.25) is 0 Å². The Hall–Kier alpha value is -1.25. The Kier molecular flexibility index (Phi) is 3.70. The quantitative estimate of drug-likeness (QED) is 0.856. The van der Waals surface area contributed by atoms with E-state index in [1.54, 1.807) is 4.57 Å². The average molecular weight is 236 g/mol. The van der Waals surface area contributed by atoms with Gasteiger partial charge >= 0.3 is 0 Å². The molecule has 96 valence electrons. The minimum Gasteiger partial charge on any atom is -0.376 e. The zero-order chi connectivity index (χ0) is 13.3. The molecule has 0 spiro atoms. The topological polar surface area (TPSA) is 34.0 Å². The first-order valence-corrected chi connectivity index (χ1v) is 6.06. The molecule has 3 nitrogen and oxygen atoms in total. The molecule has 1 rings (SSSR count). The molecule has 0 bridgehead atoms. The van der Waals surface area contributed by atoms with E-state index in [0.29, 0.717) is 5.69 Å². The van der Waals surface area contributed by atoms with Crippen molar-refractivity contribution < 1.29 is 0 Å². The van der Waals surface area contributed by atoms with Crippen molar-refractivity contribution in [1.82, 2.24) is 4.57 Å². The Morgan fingerprint density at radius 3 is 2.24 bits per heavy atom. The SMILES string of the molecule is CC(C)(C)Cn1cccc(NC(C)(C)C)c1=O. The van der Waals surface area contributed by atoms with E-state index in [1.807, 2.05) is 39.1 Å². The summed E-state index contributed by atoms with van der Waals surface area (Å²) in [5.74, 6) is 0. The first-order valence-electron chi connectivity index (χ1n) is 6.06. The molecule has 0 amide bonds. The summed E-state index contributed by atoms with van der Waals surface area (Å²) < 4.78 is 1.77. The summed E-state index contributed by atoms with van der Waals surface area (Å²) in [4.78, 5) is 12.2. The molecule has 0 saturated carbocycles. The summed E-state index contributed by atoms with van der Waals surface area (Å²) >= 11 is 0. The van der Waals surface area contributed by atoms with Crippen LogP contribution in [0.3, 0.4) is 0 Å². The predicted octanol–water partition coefficient (Wildman–Crippen LogP) is 3.10. The molecule has 1 aromatic rings. The van der Waals surface area contributed by atoms with Crippen molar-refractivity contribution in [2.75, 3.05) is 5.32 Å². The summed E-state index contributed by atoms with van der Waals surface area (Å²) in [5, 5.41) is 3.24. The molecule has 0 fully saturated rings. The van der Waals surface area contributed by atoms with Gasteiger partial charge in [-0.3, -0.25) is 4.79 Å². The van der Waals surface area contributed by atoms with Gasteiger partial charge in [0.25, 0.3) is 5.56 Å². The lowest BCUT2D eigenvalue weighted by atomic mass is 9.97. The Balaban J connectivity index is 3.04. The van der Waals surface area contributed by atoms with Gasteiger partial charge in [-0.1, -0.05) is 20.8 Å². The van der Waals surface area contributed by atoms with Crippen LogP contribution in [-0.2, 0) is 6.54 Å². The zero-order valence-corrected chi connectivity index (χ0v) is 11.8. The van der Waals surface area contributed by atoms with Gasteiger partial charge in [0.05, 0.1) is 0 Å². The van der Waals surface area contributed by atoms with Crippen molar-refractivity contribution in [3.8, 4) is 0 Å². The molecule has 0 atom stereocenters. The molecule has 1 heterocycles. The van der Waals surface area contributed by atoms with Gasteiger partial charge in [0.2, 0.25) is 0 Å². The maximum Gasteiger partial charge on any atom is 0.273 e. The molecule has 1 aromatic heterocycles. The van der Waals surface area contributed by atoms with Crippen LogP contribution in [0, 0.1) is 5.41 Å². The summed E-state index contributed by atoms with van der Waals surface area (Å²) in [6.07, 6.45) is 1.85. The Morgan fingerprint density at radius 2 is 1.76 bits per heavy atom. The fraction of sp³-hybridized carbons (Fsp3) is 0.643. The molecule has 0 aromatic carbocycles. The number of hydrogen-bond donors (Lipinski definition) is 1. The lowest BCUT2D eigenvalue weighted by Crippen LogP contribution is -2.33. The van der Waals surface area contributed by atoms with Gasteiger partial charge in [-0.05, 0) is 38.3 Å². The van der Waals surface area contributed by atoms with Crippen molar-refractivity contribution in [3.05, 3.63) is 28.7 Å². The largest absolute Gasteiger partial charge is 0.376 e. The number of hydrogen-bond acceptors (Lipinski definition) is 2. The van der Waals surface area contributed by atoms with E-state index in [2.05, 4.69) is 26.1 Å². The highest BCUT2D eigenvalue weighted by Gasteiger charge is 2.15. The van der Waals surface area contributed by atoms with Crippen molar-refractivity contribution in [3.63, 3.8) is 0 Å². The van der Waals surface area contributed by atoms with Crippen LogP contribution in [0.15, 0.2) is 23.1 Å². The van der Waals surface area contributed by atoms with Gasteiger partial charge < -0.3 is 9.88 Å². The van der Waals surface area contributed by atoms with Crippen molar-refractivity contribution in [2.45, 2.75) is 53.6 Å². The monoisotopic (exact) mass is 236 g/mol. The molecule has 3 heteroatoms. The normalized spacial score (nSPS) is 12.6. The standard InChI is InChI=1S/C14H24N2O/c1-13(2,3)10-16-9-7-8-11(12(16)17)15-14(4,5)6/h7-9,15H,10H2,1-6H3. The van der Waals surface area contributed by atoms with E-state index in [-0.39, 0.29) is 16.5 Å². The molecule has 0 saturated heterocycles. The summed E-state index contributed by atoms with van der Waals surface area (Å²) in [7, 11) is 0. The number of pyridine rings is 1. The predicted molar refractivity (Wildman–Crippen MR) is 73.5 cm³/mol. The smallest absolute Gasteiger partial charge is 0.273 e. The fourth-order valence-corrected chi connectivity index (χ4v) is 1.67. The highest BCUT2D eigenvalue weighted by atomic mass is 16.1. The molecule has 1 N–H and O–H groups in total. The number of nitrogens with zero attached hydrogens (tertiary/aromatic N) is 1. The second-order valence-corrected chi connectivity index (χ2v) is 6.79. The second-order valence-electron chi connectivity index (χ2n) is 6.79. The second kappa shape index (κ2) is 4.55. The Morgan fingerprint density at radius 1 is 1.18 bits per heavy atom. The number of aromatic nitrogens is 1. The van der Waals surface area contributed by atoms with E-state index in [9.17, 15) is 4.79 Å². The van der Waals surface area contributed by atoms with Gasteiger partial charge in [0.15, 0.2) is 0 Å². The van der Waals surface area contributed by atoms with Gasteiger partial charge in [0, 0.05) is 18.3 Å². The number of rotatable bonds is 2. The fourth-order valence-electron chi connectivity index (χ4n) is 1.67.